The molecule has 1 saturated carbocycles. The molecule has 5 N–H and O–H groups in total. The summed E-state index contributed by atoms with van der Waals surface area (Å²) in [6.45, 7) is 8.10. The van der Waals surface area contributed by atoms with E-state index in [0.717, 1.165) is 31.4 Å². The minimum atomic E-state index is -0.869. The van der Waals surface area contributed by atoms with Crippen molar-refractivity contribution in [2.75, 3.05) is 13.1 Å². The van der Waals surface area contributed by atoms with E-state index in [1.54, 1.807) is 24.8 Å². The number of carbonyl (C=O) groups excluding carboxylic acids is 2. The number of rotatable bonds is 10. The molecule has 0 aromatic carbocycles. The van der Waals surface area contributed by atoms with Gasteiger partial charge in [0.1, 0.15) is 11.9 Å². The molecule has 2 aliphatic rings. The van der Waals surface area contributed by atoms with Gasteiger partial charge in [-0.15, -0.1) is 0 Å². The molecule has 0 unspecified atom stereocenters. The molecule has 8 heteroatoms. The number of nitrogens with one attached hydrogen (secondary N) is 4. The van der Waals surface area contributed by atoms with Crippen LogP contribution in [0.1, 0.15) is 66.2 Å². The van der Waals surface area contributed by atoms with E-state index >= 15 is 0 Å². The van der Waals surface area contributed by atoms with Gasteiger partial charge >= 0.3 is 0 Å². The third-order valence-electron chi connectivity index (χ3n) is 5.52. The van der Waals surface area contributed by atoms with E-state index in [1.807, 2.05) is 13.8 Å². The normalized spacial score (nSPS) is 19.0. The van der Waals surface area contributed by atoms with Crippen LogP contribution in [0.3, 0.4) is 0 Å². The monoisotopic (exact) mass is 433 g/mol. The predicted octanol–water partition coefficient (Wildman–Crippen LogP) is 2.02. The van der Waals surface area contributed by atoms with Crippen LogP contribution in [0.4, 0.5) is 0 Å². The van der Waals surface area contributed by atoms with Crippen LogP contribution in [0, 0.1) is 11.3 Å². The Hall–Kier alpha value is -2.35. The zero-order valence-corrected chi connectivity index (χ0v) is 19.3. The Balaban J connectivity index is 2.02. The minimum Gasteiger partial charge on any atom is -0.389 e. The second-order valence-corrected chi connectivity index (χ2v) is 9.62. The van der Waals surface area contributed by atoms with Crippen molar-refractivity contribution in [1.82, 2.24) is 20.9 Å². The van der Waals surface area contributed by atoms with Gasteiger partial charge in [-0.3, -0.25) is 15.0 Å². The molecule has 0 aromatic rings. The SMILES string of the molecule is CC(C)NC1=CC(=O)N([C@@H](CC2CCCCC2)C(=O)NC(=N)/C=C\NCC(C)(C)O)C1. The average Bonchev–Trinajstić information content (AvgIpc) is 3.02. The van der Waals surface area contributed by atoms with Gasteiger partial charge in [0.05, 0.1) is 12.1 Å². The first-order valence-corrected chi connectivity index (χ1v) is 11.3. The first-order valence-electron chi connectivity index (χ1n) is 11.3. The van der Waals surface area contributed by atoms with Crippen LogP contribution in [0.5, 0.6) is 0 Å². The second-order valence-electron chi connectivity index (χ2n) is 9.62. The molecule has 1 atom stereocenters. The van der Waals surface area contributed by atoms with Gasteiger partial charge in [-0.25, -0.2) is 0 Å². The highest BCUT2D eigenvalue weighted by atomic mass is 16.3. The highest BCUT2D eigenvalue weighted by Crippen LogP contribution is 2.29. The van der Waals surface area contributed by atoms with Crippen LogP contribution < -0.4 is 16.0 Å². The summed E-state index contributed by atoms with van der Waals surface area (Å²) in [6.07, 6.45) is 10.9. The maximum absolute atomic E-state index is 13.1. The number of amides is 2. The molecule has 1 heterocycles. The molecule has 0 bridgehead atoms. The van der Waals surface area contributed by atoms with E-state index in [0.29, 0.717) is 25.4 Å². The zero-order valence-electron chi connectivity index (χ0n) is 19.3. The molecule has 1 aliphatic heterocycles. The summed E-state index contributed by atoms with van der Waals surface area (Å²) in [5, 5.41) is 26.6. The number of nitrogens with zero attached hydrogens (tertiary/aromatic N) is 1. The van der Waals surface area contributed by atoms with Gasteiger partial charge in [0, 0.05) is 30.6 Å². The third-order valence-corrected chi connectivity index (χ3v) is 5.52. The fourth-order valence-electron chi connectivity index (χ4n) is 4.08. The quantitative estimate of drug-likeness (QED) is 0.267. The molecule has 2 amide bonds. The maximum atomic E-state index is 13.1. The summed E-state index contributed by atoms with van der Waals surface area (Å²) in [5.41, 5.74) is -0.0432. The highest BCUT2D eigenvalue weighted by molar-refractivity contribution is 6.05. The van der Waals surface area contributed by atoms with Crippen LogP contribution in [-0.2, 0) is 9.59 Å². The molecular weight excluding hydrogens is 394 g/mol. The van der Waals surface area contributed by atoms with Crippen molar-refractivity contribution < 1.29 is 14.7 Å². The Bertz CT molecular complexity index is 702. The van der Waals surface area contributed by atoms with Crippen molar-refractivity contribution in [2.24, 2.45) is 5.92 Å². The van der Waals surface area contributed by atoms with Gasteiger partial charge < -0.3 is 26.0 Å². The van der Waals surface area contributed by atoms with Crippen molar-refractivity contribution in [3.05, 3.63) is 24.0 Å². The first kappa shape index (κ1) is 24.9. The topological polar surface area (TPSA) is 118 Å². The lowest BCUT2D eigenvalue weighted by Gasteiger charge is -2.32. The zero-order chi connectivity index (χ0) is 23.0. The van der Waals surface area contributed by atoms with E-state index < -0.39 is 11.6 Å². The highest BCUT2D eigenvalue weighted by Gasteiger charge is 2.35. The predicted molar refractivity (Wildman–Crippen MR) is 122 cm³/mol. The van der Waals surface area contributed by atoms with E-state index in [-0.39, 0.29) is 23.7 Å². The molecule has 0 radical (unpaired) electrons. The molecule has 2 rings (SSSR count). The van der Waals surface area contributed by atoms with Gasteiger partial charge in [0.25, 0.3) is 0 Å². The van der Waals surface area contributed by atoms with Crippen LogP contribution >= 0.6 is 0 Å². The first-order chi connectivity index (χ1) is 14.5. The maximum Gasteiger partial charge on any atom is 0.249 e. The minimum absolute atomic E-state index is 0.0537. The molecule has 0 aromatic heterocycles. The molecule has 1 aliphatic carbocycles. The number of aliphatic hydroxyl groups is 1. The third kappa shape index (κ3) is 8.73. The summed E-state index contributed by atoms with van der Waals surface area (Å²) in [4.78, 5) is 27.4. The molecule has 0 spiro atoms. The lowest BCUT2D eigenvalue weighted by molar-refractivity contribution is -0.135. The fourth-order valence-corrected chi connectivity index (χ4v) is 4.08. The largest absolute Gasteiger partial charge is 0.389 e. The summed E-state index contributed by atoms with van der Waals surface area (Å²) in [7, 11) is 0. The van der Waals surface area contributed by atoms with E-state index in [2.05, 4.69) is 16.0 Å². The second kappa shape index (κ2) is 11.3. The lowest BCUT2D eigenvalue weighted by Crippen LogP contribution is -2.50. The Morgan fingerprint density at radius 1 is 1.32 bits per heavy atom. The summed E-state index contributed by atoms with van der Waals surface area (Å²) < 4.78 is 0. The van der Waals surface area contributed by atoms with Gasteiger partial charge in [0.2, 0.25) is 11.8 Å². The van der Waals surface area contributed by atoms with Crippen molar-refractivity contribution in [2.45, 2.75) is 83.9 Å². The molecule has 174 valence electrons. The van der Waals surface area contributed by atoms with Crippen molar-refractivity contribution in [1.29, 1.82) is 5.41 Å². The summed E-state index contributed by atoms with van der Waals surface area (Å²) >= 11 is 0. The van der Waals surface area contributed by atoms with E-state index in [1.165, 1.54) is 18.7 Å². The number of hydrogen-bond donors (Lipinski definition) is 5. The van der Waals surface area contributed by atoms with Crippen molar-refractivity contribution >= 4 is 17.6 Å². The lowest BCUT2D eigenvalue weighted by atomic mass is 9.84. The summed E-state index contributed by atoms with van der Waals surface area (Å²) in [5.74, 6) is -0.122. The van der Waals surface area contributed by atoms with Crippen LogP contribution in [0.25, 0.3) is 0 Å². The fraction of sp³-hybridized carbons (Fsp3) is 0.696. The molecule has 31 heavy (non-hydrogen) atoms. The van der Waals surface area contributed by atoms with Crippen LogP contribution in [0.15, 0.2) is 24.0 Å². The van der Waals surface area contributed by atoms with Gasteiger partial charge in [-0.1, -0.05) is 32.1 Å². The summed E-state index contributed by atoms with van der Waals surface area (Å²) in [6, 6.07) is -0.393. The van der Waals surface area contributed by atoms with Crippen LogP contribution in [0.2, 0.25) is 0 Å². The standard InChI is InChI=1S/C23H39N5O3/c1-16(2)26-18-13-21(29)28(14-18)19(12-17-8-6-5-7-9-17)22(30)27-20(24)10-11-25-15-23(3,4)31/h10-11,13,16-17,19,25-26,31H,5-9,12,14-15H2,1-4H3,(H2,24,27,30)/b11-10-/t19-/m0/s1. The number of hydrogen-bond acceptors (Lipinski definition) is 6. The van der Waals surface area contributed by atoms with Gasteiger partial charge in [0.15, 0.2) is 0 Å². The Labute approximate surface area is 186 Å². The number of amidine groups is 1. The Morgan fingerprint density at radius 3 is 2.61 bits per heavy atom. The van der Waals surface area contributed by atoms with Crippen molar-refractivity contribution in [3.8, 4) is 0 Å². The molecule has 1 fully saturated rings. The van der Waals surface area contributed by atoms with E-state index in [9.17, 15) is 14.7 Å². The molecule has 8 nitrogen and oxygen atoms in total. The Kier molecular flexibility index (Phi) is 9.10. The molecular formula is C23H39N5O3. The average molecular weight is 434 g/mol. The number of carbonyl (C=O) groups is 2. The van der Waals surface area contributed by atoms with Crippen molar-refractivity contribution in [3.63, 3.8) is 0 Å². The molecule has 0 saturated heterocycles. The van der Waals surface area contributed by atoms with Gasteiger partial charge in [-0.05, 0) is 46.1 Å². The smallest absolute Gasteiger partial charge is 0.249 e. The van der Waals surface area contributed by atoms with E-state index in [4.69, 9.17) is 5.41 Å². The van der Waals surface area contributed by atoms with Crippen LogP contribution in [-0.4, -0.2) is 58.4 Å². The van der Waals surface area contributed by atoms with Gasteiger partial charge in [-0.2, -0.15) is 0 Å². The Morgan fingerprint density at radius 2 is 2.00 bits per heavy atom.